The van der Waals surface area contributed by atoms with E-state index in [0.717, 1.165) is 0 Å². The van der Waals surface area contributed by atoms with Crippen molar-refractivity contribution in [2.45, 2.75) is 44.8 Å². The van der Waals surface area contributed by atoms with Gasteiger partial charge in [-0.15, -0.1) is 0 Å². The van der Waals surface area contributed by atoms with Crippen molar-refractivity contribution in [2.24, 2.45) is 5.92 Å². The third kappa shape index (κ3) is 1.02. The normalized spacial score (nSPS) is 48.2. The van der Waals surface area contributed by atoms with Crippen molar-refractivity contribution < 1.29 is 4.74 Å². The first-order chi connectivity index (χ1) is 5.11. The Morgan fingerprint density at radius 3 is 2.64 bits per heavy atom. The summed E-state index contributed by atoms with van der Waals surface area (Å²) in [5.74, 6) is 0.650. The maximum Gasteiger partial charge on any atom is 0.0683 e. The van der Waals surface area contributed by atoms with Crippen LogP contribution in [0.5, 0.6) is 0 Å². The van der Waals surface area contributed by atoms with Gasteiger partial charge in [-0.2, -0.15) is 0 Å². The topological polar surface area (TPSA) is 9.23 Å². The van der Waals surface area contributed by atoms with Crippen LogP contribution in [-0.2, 0) is 4.74 Å². The van der Waals surface area contributed by atoms with E-state index in [1.165, 1.54) is 24.8 Å². The van der Waals surface area contributed by atoms with Crippen molar-refractivity contribution in [1.82, 2.24) is 0 Å². The van der Waals surface area contributed by atoms with Crippen LogP contribution in [0.3, 0.4) is 0 Å². The summed E-state index contributed by atoms with van der Waals surface area (Å²) in [6.45, 7) is 8.34. The first-order valence-electron chi connectivity index (χ1n) is 4.44. The van der Waals surface area contributed by atoms with Crippen molar-refractivity contribution in [3.8, 4) is 0 Å². The van der Waals surface area contributed by atoms with E-state index in [1.54, 1.807) is 0 Å². The van der Waals surface area contributed by atoms with Gasteiger partial charge in [-0.3, -0.25) is 0 Å². The summed E-state index contributed by atoms with van der Waals surface area (Å²) >= 11 is 0. The molecule has 0 aromatic heterocycles. The van der Waals surface area contributed by atoms with Crippen LogP contribution in [-0.4, -0.2) is 11.7 Å². The van der Waals surface area contributed by atoms with E-state index >= 15 is 0 Å². The molecule has 1 unspecified atom stereocenters. The molecule has 3 atom stereocenters. The van der Waals surface area contributed by atoms with E-state index in [-0.39, 0.29) is 5.60 Å². The lowest BCUT2D eigenvalue weighted by Gasteiger charge is -2.54. The third-order valence-corrected chi connectivity index (χ3v) is 3.13. The van der Waals surface area contributed by atoms with Crippen LogP contribution in [0.25, 0.3) is 0 Å². The Hall–Kier alpha value is -0.300. The smallest absolute Gasteiger partial charge is 0.0683 e. The summed E-state index contributed by atoms with van der Waals surface area (Å²) in [4.78, 5) is 0. The number of rotatable bonds is 1. The first-order valence-corrected chi connectivity index (χ1v) is 4.44. The Balaban J connectivity index is 2.04. The Bertz CT molecular complexity index is 184. The molecule has 11 heavy (non-hydrogen) atoms. The van der Waals surface area contributed by atoms with Gasteiger partial charge < -0.3 is 4.74 Å². The molecule has 0 N–H and O–H groups in total. The van der Waals surface area contributed by atoms with Gasteiger partial charge in [-0.25, -0.2) is 0 Å². The average Bonchev–Trinajstić information content (AvgIpc) is 1.85. The molecular formula is C10H16O. The van der Waals surface area contributed by atoms with Gasteiger partial charge in [0.1, 0.15) is 0 Å². The standard InChI is InChI=1S/C10H16O/c1-7(2)8-4-5-10(3)6-9(8)11-10/h8-9H,1,4-6H2,2-3H3/t8-,9?,10+/m0/s1. The molecule has 2 bridgehead atoms. The second-order valence-electron chi connectivity index (χ2n) is 4.30. The number of hydrogen-bond donors (Lipinski definition) is 0. The molecule has 1 heteroatoms. The van der Waals surface area contributed by atoms with Crippen LogP contribution >= 0.6 is 0 Å². The molecule has 0 spiro atoms. The quantitative estimate of drug-likeness (QED) is 0.525. The van der Waals surface area contributed by atoms with Crippen molar-refractivity contribution >= 4 is 0 Å². The zero-order chi connectivity index (χ0) is 8.06. The lowest BCUT2D eigenvalue weighted by Crippen LogP contribution is -2.56. The number of fused-ring (bicyclic) bond motifs is 2. The molecule has 2 aliphatic heterocycles. The summed E-state index contributed by atoms with van der Waals surface area (Å²) < 4.78 is 5.78. The lowest BCUT2D eigenvalue weighted by molar-refractivity contribution is -0.242. The van der Waals surface area contributed by atoms with E-state index in [1.807, 2.05) is 0 Å². The van der Waals surface area contributed by atoms with Crippen molar-refractivity contribution in [3.05, 3.63) is 12.2 Å². The predicted molar refractivity (Wildman–Crippen MR) is 45.4 cm³/mol. The summed E-state index contributed by atoms with van der Waals surface area (Å²) in [6, 6.07) is 0. The van der Waals surface area contributed by atoms with Gasteiger partial charge in [-0.1, -0.05) is 12.2 Å². The van der Waals surface area contributed by atoms with Gasteiger partial charge in [0.15, 0.2) is 0 Å². The highest BCUT2D eigenvalue weighted by atomic mass is 16.5. The second-order valence-corrected chi connectivity index (χ2v) is 4.30. The Labute approximate surface area is 68.4 Å². The maximum atomic E-state index is 5.78. The summed E-state index contributed by atoms with van der Waals surface area (Å²) in [5.41, 5.74) is 1.55. The van der Waals surface area contributed by atoms with Crippen LogP contribution in [0.4, 0.5) is 0 Å². The molecule has 3 rings (SSSR count). The predicted octanol–water partition coefficient (Wildman–Crippen LogP) is 2.52. The molecule has 62 valence electrons. The third-order valence-electron chi connectivity index (χ3n) is 3.13. The maximum absolute atomic E-state index is 5.78. The van der Waals surface area contributed by atoms with E-state index < -0.39 is 0 Å². The first kappa shape index (κ1) is 7.35. The molecule has 3 fully saturated rings. The van der Waals surface area contributed by atoms with Crippen LogP contribution in [0.1, 0.15) is 33.1 Å². The monoisotopic (exact) mass is 152 g/mol. The highest BCUT2D eigenvalue weighted by Gasteiger charge is 2.49. The molecule has 1 saturated carbocycles. The van der Waals surface area contributed by atoms with Crippen molar-refractivity contribution in [2.75, 3.05) is 0 Å². The fraction of sp³-hybridized carbons (Fsp3) is 0.800. The summed E-state index contributed by atoms with van der Waals surface area (Å²) in [6.07, 6.45) is 4.27. The van der Waals surface area contributed by atoms with E-state index in [9.17, 15) is 0 Å². The van der Waals surface area contributed by atoms with Crippen LogP contribution in [0.15, 0.2) is 12.2 Å². The molecule has 1 nitrogen and oxygen atoms in total. The molecule has 0 amide bonds. The minimum Gasteiger partial charge on any atom is -0.371 e. The molecule has 2 saturated heterocycles. The SMILES string of the molecule is C=C(C)[C@@H]1CC[C@]2(C)CC1O2. The Morgan fingerprint density at radius 1 is 1.64 bits per heavy atom. The molecule has 0 aromatic carbocycles. The lowest BCUT2D eigenvalue weighted by atomic mass is 9.70. The fourth-order valence-electron chi connectivity index (χ4n) is 2.38. The fourth-order valence-corrected chi connectivity index (χ4v) is 2.38. The van der Waals surface area contributed by atoms with E-state index in [0.29, 0.717) is 12.0 Å². The Morgan fingerprint density at radius 2 is 2.27 bits per heavy atom. The van der Waals surface area contributed by atoms with Gasteiger partial charge in [0, 0.05) is 12.3 Å². The highest BCUT2D eigenvalue weighted by molar-refractivity contribution is 5.09. The number of ether oxygens (including phenoxy) is 1. The van der Waals surface area contributed by atoms with Gasteiger partial charge in [0.25, 0.3) is 0 Å². The average molecular weight is 152 g/mol. The number of hydrogen-bond acceptors (Lipinski definition) is 1. The molecule has 0 aromatic rings. The van der Waals surface area contributed by atoms with Crippen LogP contribution in [0, 0.1) is 5.92 Å². The minimum absolute atomic E-state index is 0.247. The Kier molecular flexibility index (Phi) is 1.40. The molecule has 2 heterocycles. The zero-order valence-electron chi connectivity index (χ0n) is 7.39. The molecule has 3 aliphatic rings. The zero-order valence-corrected chi connectivity index (χ0v) is 7.39. The van der Waals surface area contributed by atoms with Crippen molar-refractivity contribution in [3.63, 3.8) is 0 Å². The highest BCUT2D eigenvalue weighted by Crippen LogP contribution is 2.48. The molecule has 0 radical (unpaired) electrons. The summed E-state index contributed by atoms with van der Waals surface area (Å²) in [5, 5.41) is 0. The van der Waals surface area contributed by atoms with Gasteiger partial charge in [-0.05, 0) is 26.7 Å². The van der Waals surface area contributed by atoms with Gasteiger partial charge >= 0.3 is 0 Å². The minimum atomic E-state index is 0.247. The molecule has 1 aliphatic carbocycles. The van der Waals surface area contributed by atoms with E-state index in [2.05, 4.69) is 20.4 Å². The summed E-state index contributed by atoms with van der Waals surface area (Å²) in [7, 11) is 0. The van der Waals surface area contributed by atoms with Crippen LogP contribution < -0.4 is 0 Å². The van der Waals surface area contributed by atoms with Crippen LogP contribution in [0.2, 0.25) is 0 Å². The second kappa shape index (κ2) is 2.10. The van der Waals surface area contributed by atoms with Gasteiger partial charge in [0.2, 0.25) is 0 Å². The van der Waals surface area contributed by atoms with Gasteiger partial charge in [0.05, 0.1) is 11.7 Å². The largest absolute Gasteiger partial charge is 0.371 e. The van der Waals surface area contributed by atoms with Crippen molar-refractivity contribution in [1.29, 1.82) is 0 Å². The molecular weight excluding hydrogens is 136 g/mol. The van der Waals surface area contributed by atoms with E-state index in [4.69, 9.17) is 4.74 Å².